The predicted molar refractivity (Wildman–Crippen MR) is 86.0 cm³/mol. The van der Waals surface area contributed by atoms with E-state index in [0.29, 0.717) is 11.4 Å². The Morgan fingerprint density at radius 1 is 1.05 bits per heavy atom. The van der Waals surface area contributed by atoms with Crippen LogP contribution < -0.4 is 15.4 Å². The van der Waals surface area contributed by atoms with Gasteiger partial charge in [0.05, 0.1) is 12.8 Å². The summed E-state index contributed by atoms with van der Waals surface area (Å²) < 4.78 is 24.5. The molecule has 122 valence electrons. The Balaban J connectivity index is 2.53. The van der Waals surface area contributed by atoms with Crippen LogP contribution in [-0.4, -0.2) is 33.0 Å². The number of benzene rings is 1. The molecule has 2 amide bonds. The van der Waals surface area contributed by atoms with E-state index < -0.39 is 15.4 Å². The Hall–Kier alpha value is -2.09. The lowest BCUT2D eigenvalue weighted by Crippen LogP contribution is -2.39. The Morgan fingerprint density at radius 3 is 2.00 bits per heavy atom. The highest BCUT2D eigenvalue weighted by molar-refractivity contribution is 7.92. The molecule has 1 rings (SSSR count). The molecule has 0 fully saturated rings. The molecule has 0 aliphatic heterocycles. The molecule has 3 N–H and O–H groups in total. The molecule has 0 bridgehead atoms. The van der Waals surface area contributed by atoms with E-state index in [1.54, 1.807) is 32.9 Å². The first-order valence-electron chi connectivity index (χ1n) is 6.63. The second kappa shape index (κ2) is 6.78. The average molecular weight is 327 g/mol. The summed E-state index contributed by atoms with van der Waals surface area (Å²) in [6.45, 7) is 5.15. The standard InChI is InChI=1S/C14H21N3O4S/c1-14(2,3)13(19)15-9-12(18)16-10-5-7-11(8-6-10)17-22(4,20)21/h5-8,17H,9H2,1-4H3,(H,15,19)(H,16,18). The van der Waals surface area contributed by atoms with Crippen molar-refractivity contribution < 1.29 is 18.0 Å². The van der Waals surface area contributed by atoms with Gasteiger partial charge in [0.1, 0.15) is 0 Å². The topological polar surface area (TPSA) is 104 Å². The third kappa shape index (κ3) is 6.57. The molecule has 1 aromatic rings. The first-order chi connectivity index (χ1) is 9.97. The summed E-state index contributed by atoms with van der Waals surface area (Å²) in [5, 5.41) is 5.15. The molecule has 0 spiro atoms. The number of anilines is 2. The van der Waals surface area contributed by atoms with Crippen LogP contribution in [0.4, 0.5) is 11.4 Å². The van der Waals surface area contributed by atoms with E-state index in [0.717, 1.165) is 6.26 Å². The molecule has 0 aliphatic rings. The van der Waals surface area contributed by atoms with Gasteiger partial charge in [-0.05, 0) is 24.3 Å². The highest BCUT2D eigenvalue weighted by Gasteiger charge is 2.21. The van der Waals surface area contributed by atoms with Gasteiger partial charge >= 0.3 is 0 Å². The van der Waals surface area contributed by atoms with Crippen LogP contribution >= 0.6 is 0 Å². The fourth-order valence-electron chi connectivity index (χ4n) is 1.47. The fourth-order valence-corrected chi connectivity index (χ4v) is 2.03. The molecule has 0 heterocycles. The van der Waals surface area contributed by atoms with E-state index in [4.69, 9.17) is 0 Å². The first kappa shape index (κ1) is 18.0. The molecule has 0 radical (unpaired) electrons. The molecule has 0 aromatic heterocycles. The number of nitrogens with one attached hydrogen (secondary N) is 3. The number of rotatable bonds is 5. The fraction of sp³-hybridized carbons (Fsp3) is 0.429. The monoisotopic (exact) mass is 327 g/mol. The van der Waals surface area contributed by atoms with Gasteiger partial charge in [-0.15, -0.1) is 0 Å². The van der Waals surface area contributed by atoms with E-state index >= 15 is 0 Å². The number of carbonyl (C=O) groups excluding carboxylic acids is 2. The van der Waals surface area contributed by atoms with Crippen molar-refractivity contribution in [2.45, 2.75) is 20.8 Å². The van der Waals surface area contributed by atoms with Gasteiger partial charge in [0.15, 0.2) is 0 Å². The van der Waals surface area contributed by atoms with Crippen LogP contribution in [-0.2, 0) is 19.6 Å². The quantitative estimate of drug-likeness (QED) is 0.755. The van der Waals surface area contributed by atoms with Crippen LogP contribution in [0.3, 0.4) is 0 Å². The number of carbonyl (C=O) groups is 2. The Morgan fingerprint density at radius 2 is 1.55 bits per heavy atom. The Bertz CT molecular complexity index is 646. The van der Waals surface area contributed by atoms with Gasteiger partial charge in [0.2, 0.25) is 21.8 Å². The van der Waals surface area contributed by atoms with E-state index in [-0.39, 0.29) is 18.4 Å². The van der Waals surface area contributed by atoms with Crippen LogP contribution in [0.2, 0.25) is 0 Å². The molecule has 0 saturated heterocycles. The number of sulfonamides is 1. The third-order valence-corrected chi connectivity index (χ3v) is 3.17. The second-order valence-electron chi connectivity index (χ2n) is 5.93. The maximum atomic E-state index is 11.7. The summed E-state index contributed by atoms with van der Waals surface area (Å²) >= 11 is 0. The van der Waals surface area contributed by atoms with E-state index in [1.165, 1.54) is 12.1 Å². The number of amides is 2. The van der Waals surface area contributed by atoms with E-state index in [1.807, 2.05) is 0 Å². The lowest BCUT2D eigenvalue weighted by atomic mass is 9.96. The smallest absolute Gasteiger partial charge is 0.243 e. The van der Waals surface area contributed by atoms with Crippen LogP contribution in [0.5, 0.6) is 0 Å². The second-order valence-corrected chi connectivity index (χ2v) is 7.68. The van der Waals surface area contributed by atoms with Crippen LogP contribution in [0.15, 0.2) is 24.3 Å². The van der Waals surface area contributed by atoms with Gasteiger partial charge < -0.3 is 10.6 Å². The SMILES string of the molecule is CC(C)(C)C(=O)NCC(=O)Nc1ccc(NS(C)(=O)=O)cc1. The Kier molecular flexibility index (Phi) is 5.54. The van der Waals surface area contributed by atoms with Crippen molar-refractivity contribution in [3.63, 3.8) is 0 Å². The van der Waals surface area contributed by atoms with Crippen molar-refractivity contribution in [1.82, 2.24) is 5.32 Å². The zero-order valence-electron chi connectivity index (χ0n) is 13.1. The molecule has 7 nitrogen and oxygen atoms in total. The van der Waals surface area contributed by atoms with Gasteiger partial charge in [0.25, 0.3) is 0 Å². The summed E-state index contributed by atoms with van der Waals surface area (Å²) in [6.07, 6.45) is 1.06. The predicted octanol–water partition coefficient (Wildman–Crippen LogP) is 1.16. The highest BCUT2D eigenvalue weighted by atomic mass is 32.2. The van der Waals surface area contributed by atoms with Crippen LogP contribution in [0.1, 0.15) is 20.8 Å². The molecule has 0 aliphatic carbocycles. The van der Waals surface area contributed by atoms with Gasteiger partial charge in [-0.3, -0.25) is 14.3 Å². The van der Waals surface area contributed by atoms with Gasteiger partial charge in [-0.25, -0.2) is 8.42 Å². The largest absolute Gasteiger partial charge is 0.347 e. The summed E-state index contributed by atoms with van der Waals surface area (Å²) in [7, 11) is -3.33. The van der Waals surface area contributed by atoms with Gasteiger partial charge in [-0.2, -0.15) is 0 Å². The van der Waals surface area contributed by atoms with Crippen molar-refractivity contribution in [2.24, 2.45) is 5.41 Å². The molecule has 0 saturated carbocycles. The lowest BCUT2D eigenvalue weighted by molar-refractivity contribution is -0.130. The zero-order valence-corrected chi connectivity index (χ0v) is 13.9. The minimum atomic E-state index is -3.33. The Labute approximate surface area is 130 Å². The molecule has 1 aromatic carbocycles. The maximum Gasteiger partial charge on any atom is 0.243 e. The molecule has 0 atom stereocenters. The van der Waals surface area contributed by atoms with Crippen molar-refractivity contribution in [2.75, 3.05) is 22.8 Å². The van der Waals surface area contributed by atoms with E-state index in [9.17, 15) is 18.0 Å². The van der Waals surface area contributed by atoms with Crippen molar-refractivity contribution >= 4 is 33.2 Å². The van der Waals surface area contributed by atoms with Crippen LogP contribution in [0.25, 0.3) is 0 Å². The number of hydrogen-bond acceptors (Lipinski definition) is 4. The summed E-state index contributed by atoms with van der Waals surface area (Å²) in [6, 6.07) is 6.20. The van der Waals surface area contributed by atoms with E-state index in [2.05, 4.69) is 15.4 Å². The molecular weight excluding hydrogens is 306 g/mol. The summed E-state index contributed by atoms with van der Waals surface area (Å²) in [4.78, 5) is 23.4. The van der Waals surface area contributed by atoms with Crippen molar-refractivity contribution in [3.05, 3.63) is 24.3 Å². The molecular formula is C14H21N3O4S. The summed E-state index contributed by atoms with van der Waals surface area (Å²) in [5.41, 5.74) is 0.356. The van der Waals surface area contributed by atoms with Crippen LogP contribution in [0, 0.1) is 5.41 Å². The maximum absolute atomic E-state index is 11.7. The minimum Gasteiger partial charge on any atom is -0.347 e. The third-order valence-electron chi connectivity index (χ3n) is 2.56. The minimum absolute atomic E-state index is 0.126. The molecule has 0 unspecified atom stereocenters. The number of hydrogen-bond donors (Lipinski definition) is 3. The van der Waals surface area contributed by atoms with Gasteiger partial charge in [0, 0.05) is 16.8 Å². The van der Waals surface area contributed by atoms with Crippen molar-refractivity contribution in [3.8, 4) is 0 Å². The van der Waals surface area contributed by atoms with Crippen molar-refractivity contribution in [1.29, 1.82) is 0 Å². The first-order valence-corrected chi connectivity index (χ1v) is 8.52. The summed E-state index contributed by atoms with van der Waals surface area (Å²) in [5.74, 6) is -0.572. The zero-order chi connectivity index (χ0) is 17.0. The molecule has 8 heteroatoms. The highest BCUT2D eigenvalue weighted by Crippen LogP contribution is 2.14. The normalized spacial score (nSPS) is 11.6. The lowest BCUT2D eigenvalue weighted by Gasteiger charge is -2.17. The van der Waals surface area contributed by atoms with Gasteiger partial charge in [-0.1, -0.05) is 20.8 Å². The average Bonchev–Trinajstić information content (AvgIpc) is 2.35. The molecule has 22 heavy (non-hydrogen) atoms.